The van der Waals surface area contributed by atoms with Crippen molar-refractivity contribution in [3.05, 3.63) is 24.3 Å². The van der Waals surface area contributed by atoms with E-state index >= 15 is 0 Å². The first-order valence-electron chi connectivity index (χ1n) is 5.69. The van der Waals surface area contributed by atoms with Crippen LogP contribution in [0.4, 0.5) is 0 Å². The van der Waals surface area contributed by atoms with Crippen LogP contribution in [0, 0.1) is 5.92 Å². The van der Waals surface area contributed by atoms with Gasteiger partial charge < -0.3 is 0 Å². The van der Waals surface area contributed by atoms with E-state index in [1.54, 1.807) is 16.8 Å². The molecule has 102 valence electrons. The van der Waals surface area contributed by atoms with E-state index in [1.807, 2.05) is 0 Å². The molecule has 0 unspecified atom stereocenters. The predicted octanol–water partition coefficient (Wildman–Crippen LogP) is 1.92. The lowest BCUT2D eigenvalue weighted by Crippen LogP contribution is -2.08. The summed E-state index contributed by atoms with van der Waals surface area (Å²) in [6, 6.07) is 6.15. The Kier molecular flexibility index (Phi) is 3.86. The minimum absolute atomic E-state index is 0.0563. The maximum absolute atomic E-state index is 11.2. The van der Waals surface area contributed by atoms with Crippen LogP contribution in [0.2, 0.25) is 0 Å². The van der Waals surface area contributed by atoms with Gasteiger partial charge in [-0.15, -0.1) is 5.10 Å². The first kappa shape index (κ1) is 14.0. The Bertz CT molecular complexity index is 664. The normalized spacial score (nSPS) is 12.0. The third-order valence-corrected chi connectivity index (χ3v) is 3.83. The predicted molar refractivity (Wildman–Crippen MR) is 71.1 cm³/mol. The van der Waals surface area contributed by atoms with Gasteiger partial charge in [0.2, 0.25) is 0 Å². The molecular formula is C11H13ClN4O2S. The third-order valence-electron chi connectivity index (χ3n) is 2.46. The maximum Gasteiger partial charge on any atom is 0.261 e. The molecule has 0 N–H and O–H groups in total. The summed E-state index contributed by atoms with van der Waals surface area (Å²) in [6.07, 6.45) is 0. The largest absolute Gasteiger partial charge is 0.261 e. The van der Waals surface area contributed by atoms with Crippen molar-refractivity contribution in [2.45, 2.75) is 25.3 Å². The minimum Gasteiger partial charge on any atom is -0.225 e. The molecule has 2 aromatic rings. The molecule has 0 radical (unpaired) electrons. The summed E-state index contributed by atoms with van der Waals surface area (Å²) >= 11 is 0. The Hall–Kier alpha value is -1.47. The molecule has 0 saturated carbocycles. The molecule has 0 aliphatic heterocycles. The van der Waals surface area contributed by atoms with E-state index in [0.717, 1.165) is 5.56 Å². The van der Waals surface area contributed by atoms with E-state index in [4.69, 9.17) is 10.7 Å². The molecular weight excluding hydrogens is 288 g/mol. The van der Waals surface area contributed by atoms with Crippen molar-refractivity contribution in [1.29, 1.82) is 0 Å². The van der Waals surface area contributed by atoms with Crippen LogP contribution in [0.15, 0.2) is 29.2 Å². The number of halogens is 1. The van der Waals surface area contributed by atoms with Crippen LogP contribution >= 0.6 is 10.7 Å². The molecule has 0 aliphatic rings. The number of benzene rings is 1. The SMILES string of the molecule is CC(C)Cn1nnnc1-c1ccc(S(=O)(=O)Cl)cc1. The Balaban J connectivity index is 2.35. The van der Waals surface area contributed by atoms with Gasteiger partial charge in [0.05, 0.1) is 4.90 Å². The monoisotopic (exact) mass is 300 g/mol. The highest BCUT2D eigenvalue weighted by atomic mass is 35.7. The van der Waals surface area contributed by atoms with Crippen molar-refractivity contribution < 1.29 is 8.42 Å². The summed E-state index contributed by atoms with van der Waals surface area (Å²) in [5, 5.41) is 11.5. The van der Waals surface area contributed by atoms with E-state index in [1.165, 1.54) is 12.1 Å². The van der Waals surface area contributed by atoms with Crippen LogP contribution < -0.4 is 0 Å². The van der Waals surface area contributed by atoms with E-state index < -0.39 is 9.05 Å². The van der Waals surface area contributed by atoms with E-state index in [-0.39, 0.29) is 4.90 Å². The zero-order chi connectivity index (χ0) is 14.0. The van der Waals surface area contributed by atoms with Crippen LogP contribution in [0.5, 0.6) is 0 Å². The van der Waals surface area contributed by atoms with E-state index in [2.05, 4.69) is 29.4 Å². The second kappa shape index (κ2) is 5.26. The molecule has 0 amide bonds. The molecule has 0 aliphatic carbocycles. The summed E-state index contributed by atoms with van der Waals surface area (Å²) in [7, 11) is 1.56. The Morgan fingerprint density at radius 1 is 1.26 bits per heavy atom. The molecule has 1 aromatic heterocycles. The van der Waals surface area contributed by atoms with Crippen molar-refractivity contribution >= 4 is 19.7 Å². The van der Waals surface area contributed by atoms with Gasteiger partial charge in [0.25, 0.3) is 9.05 Å². The van der Waals surface area contributed by atoms with Crippen molar-refractivity contribution in [1.82, 2.24) is 20.2 Å². The molecule has 19 heavy (non-hydrogen) atoms. The van der Waals surface area contributed by atoms with Crippen molar-refractivity contribution in [3.8, 4) is 11.4 Å². The fraction of sp³-hybridized carbons (Fsp3) is 0.364. The third kappa shape index (κ3) is 3.30. The number of hydrogen-bond donors (Lipinski definition) is 0. The summed E-state index contributed by atoms with van der Waals surface area (Å²) in [5.41, 5.74) is 0.745. The van der Waals surface area contributed by atoms with Crippen molar-refractivity contribution in [2.24, 2.45) is 5.92 Å². The average molecular weight is 301 g/mol. The second-order valence-electron chi connectivity index (χ2n) is 4.54. The summed E-state index contributed by atoms with van der Waals surface area (Å²) < 4.78 is 24.0. The summed E-state index contributed by atoms with van der Waals surface area (Å²) in [4.78, 5) is 0.0563. The first-order valence-corrected chi connectivity index (χ1v) is 8.00. The molecule has 6 nitrogen and oxygen atoms in total. The number of aromatic nitrogens is 4. The van der Waals surface area contributed by atoms with Gasteiger partial charge in [-0.05, 0) is 40.6 Å². The second-order valence-corrected chi connectivity index (χ2v) is 7.11. The number of tetrazole rings is 1. The lowest BCUT2D eigenvalue weighted by atomic mass is 10.2. The van der Waals surface area contributed by atoms with E-state index in [9.17, 15) is 8.42 Å². The molecule has 2 rings (SSSR count). The fourth-order valence-electron chi connectivity index (χ4n) is 1.65. The zero-order valence-electron chi connectivity index (χ0n) is 10.5. The molecule has 8 heteroatoms. The van der Waals surface area contributed by atoms with Gasteiger partial charge in [0, 0.05) is 22.8 Å². The summed E-state index contributed by atoms with van der Waals surface area (Å²) in [5.74, 6) is 1.01. The lowest BCUT2D eigenvalue weighted by molar-refractivity contribution is 0.475. The van der Waals surface area contributed by atoms with Gasteiger partial charge in [-0.3, -0.25) is 0 Å². The van der Waals surface area contributed by atoms with Gasteiger partial charge in [-0.2, -0.15) is 0 Å². The zero-order valence-corrected chi connectivity index (χ0v) is 12.1. The standard InChI is InChI=1S/C11H13ClN4O2S/c1-8(2)7-16-11(13-14-15-16)9-3-5-10(6-4-9)19(12,17)18/h3-6,8H,7H2,1-2H3. The van der Waals surface area contributed by atoms with Gasteiger partial charge in [0.15, 0.2) is 5.82 Å². The highest BCUT2D eigenvalue weighted by Gasteiger charge is 2.13. The average Bonchev–Trinajstić information content (AvgIpc) is 2.75. The first-order chi connectivity index (χ1) is 8.88. The van der Waals surface area contributed by atoms with Crippen LogP contribution in [0.1, 0.15) is 13.8 Å². The quantitative estimate of drug-likeness (QED) is 0.806. The van der Waals surface area contributed by atoms with E-state index in [0.29, 0.717) is 18.3 Å². The van der Waals surface area contributed by atoms with Gasteiger partial charge in [-0.25, -0.2) is 13.1 Å². The maximum atomic E-state index is 11.2. The summed E-state index contributed by atoms with van der Waals surface area (Å²) in [6.45, 7) is 4.82. The van der Waals surface area contributed by atoms with Crippen molar-refractivity contribution in [3.63, 3.8) is 0 Å². The van der Waals surface area contributed by atoms with Crippen LogP contribution in [0.25, 0.3) is 11.4 Å². The van der Waals surface area contributed by atoms with Crippen LogP contribution in [-0.4, -0.2) is 28.6 Å². The van der Waals surface area contributed by atoms with Crippen molar-refractivity contribution in [2.75, 3.05) is 0 Å². The lowest BCUT2D eigenvalue weighted by Gasteiger charge is -2.07. The van der Waals surface area contributed by atoms with Gasteiger partial charge in [0.1, 0.15) is 0 Å². The fourth-order valence-corrected chi connectivity index (χ4v) is 2.42. The molecule has 0 fully saturated rings. The molecule has 0 saturated heterocycles. The minimum atomic E-state index is -3.70. The molecule has 1 aromatic carbocycles. The van der Waals surface area contributed by atoms with Gasteiger partial charge in [-0.1, -0.05) is 13.8 Å². The smallest absolute Gasteiger partial charge is 0.225 e. The molecule has 0 bridgehead atoms. The van der Waals surface area contributed by atoms with Crippen LogP contribution in [-0.2, 0) is 15.6 Å². The van der Waals surface area contributed by atoms with Crippen LogP contribution in [0.3, 0.4) is 0 Å². The number of hydrogen-bond acceptors (Lipinski definition) is 5. The molecule has 0 spiro atoms. The number of rotatable bonds is 4. The Morgan fingerprint density at radius 2 is 1.89 bits per heavy atom. The molecule has 1 heterocycles. The van der Waals surface area contributed by atoms with Gasteiger partial charge >= 0.3 is 0 Å². The topological polar surface area (TPSA) is 77.7 Å². The molecule has 0 atom stereocenters. The highest BCUT2D eigenvalue weighted by molar-refractivity contribution is 8.13. The number of nitrogens with zero attached hydrogens (tertiary/aromatic N) is 4. The highest BCUT2D eigenvalue weighted by Crippen LogP contribution is 2.21. The Morgan fingerprint density at radius 3 is 2.42 bits per heavy atom. The Labute approximate surface area is 115 Å².